The van der Waals surface area contributed by atoms with Gasteiger partial charge in [0.15, 0.2) is 0 Å². The molecule has 0 aliphatic carbocycles. The third-order valence-corrected chi connectivity index (χ3v) is 1.51. The molecule has 0 bridgehead atoms. The van der Waals surface area contributed by atoms with E-state index >= 15 is 0 Å². The van der Waals surface area contributed by atoms with Crippen LogP contribution in [0.3, 0.4) is 0 Å². The summed E-state index contributed by atoms with van der Waals surface area (Å²) in [5.41, 5.74) is 0. The van der Waals surface area contributed by atoms with E-state index in [4.69, 9.17) is 0 Å². The van der Waals surface area contributed by atoms with E-state index in [-0.39, 0.29) is 0 Å². The van der Waals surface area contributed by atoms with Crippen LogP contribution in [0.2, 0.25) is 0 Å². The van der Waals surface area contributed by atoms with Crippen molar-refractivity contribution in [2.45, 2.75) is 0 Å². The Labute approximate surface area is 81.7 Å². The average molecular weight is 256 g/mol. The van der Waals surface area contributed by atoms with E-state index in [1.165, 1.54) is 22.5 Å². The summed E-state index contributed by atoms with van der Waals surface area (Å²) in [5, 5.41) is 0. The molecule has 3 heteroatoms. The topological polar surface area (TPSA) is 16.1 Å². The van der Waals surface area contributed by atoms with Crippen LogP contribution in [0, 0.1) is 0 Å². The maximum atomic E-state index is 4.02. The van der Waals surface area contributed by atoms with Crippen LogP contribution in [0.5, 0.6) is 0 Å². The van der Waals surface area contributed by atoms with Gasteiger partial charge >= 0.3 is 55.6 Å². The Balaban J connectivity index is 0.000000218. The van der Waals surface area contributed by atoms with Gasteiger partial charge in [0.2, 0.25) is 0 Å². The van der Waals surface area contributed by atoms with Gasteiger partial charge in [-0.25, -0.2) is 0 Å². The van der Waals surface area contributed by atoms with Gasteiger partial charge in [-0.3, -0.25) is 0 Å². The molecular weight excluding hydrogens is 243 g/mol. The summed E-state index contributed by atoms with van der Waals surface area (Å²) in [6.45, 7) is 0. The van der Waals surface area contributed by atoms with Crippen LogP contribution in [-0.2, 0) is 0 Å². The van der Waals surface area contributed by atoms with E-state index in [0.29, 0.717) is 0 Å². The van der Waals surface area contributed by atoms with Gasteiger partial charge < -0.3 is 4.90 Å². The van der Waals surface area contributed by atoms with E-state index in [0.717, 1.165) is 3.71 Å². The Morgan fingerprint density at radius 2 is 1.82 bits per heavy atom. The normalized spacial score (nSPS) is 8.82. The number of hydrogen-bond donors (Lipinski definition) is 0. The molecule has 1 aromatic heterocycles. The zero-order valence-electron chi connectivity index (χ0n) is 7.20. The SMILES string of the molecule is CN(C)C.[Sn][c]1ccccn1. The first-order valence-corrected chi connectivity index (χ1v) is 4.79. The van der Waals surface area contributed by atoms with E-state index in [1.807, 2.05) is 50.4 Å². The molecule has 0 atom stereocenters. The molecule has 0 saturated heterocycles. The molecule has 0 saturated carbocycles. The number of aromatic nitrogens is 1. The van der Waals surface area contributed by atoms with Gasteiger partial charge in [-0.1, -0.05) is 0 Å². The second-order valence-electron chi connectivity index (χ2n) is 2.56. The fraction of sp³-hybridized carbons (Fsp3) is 0.375. The average Bonchev–Trinajstić information content (AvgIpc) is 1.87. The number of rotatable bonds is 0. The first-order chi connectivity index (χ1) is 5.13. The summed E-state index contributed by atoms with van der Waals surface area (Å²) in [5.74, 6) is 0. The second kappa shape index (κ2) is 6.61. The Morgan fingerprint density at radius 3 is 2.00 bits per heavy atom. The standard InChI is InChI=1S/C5H4N.C3H9N.Sn/c1-2-4-6-5-3-1;1-4(2)3;/h1-4H;1-3H3;. The van der Waals surface area contributed by atoms with E-state index in [2.05, 4.69) is 4.98 Å². The zero-order valence-corrected chi connectivity index (χ0v) is 10.1. The molecule has 1 aromatic rings. The molecule has 0 unspecified atom stereocenters. The van der Waals surface area contributed by atoms with Gasteiger partial charge in [0.25, 0.3) is 0 Å². The minimum atomic E-state index is 1.16. The summed E-state index contributed by atoms with van der Waals surface area (Å²) >= 11 is 1.38. The first-order valence-electron chi connectivity index (χ1n) is 3.36. The fourth-order valence-corrected chi connectivity index (χ4v) is 0.850. The fourth-order valence-electron chi connectivity index (χ4n) is 0.363. The third kappa shape index (κ3) is 9.91. The van der Waals surface area contributed by atoms with Crippen molar-refractivity contribution < 1.29 is 0 Å². The molecule has 1 rings (SSSR count). The summed E-state index contributed by atoms with van der Waals surface area (Å²) in [4.78, 5) is 6.02. The molecule has 0 aliphatic heterocycles. The maximum absolute atomic E-state index is 4.02. The van der Waals surface area contributed by atoms with Gasteiger partial charge in [0.1, 0.15) is 0 Å². The molecule has 0 aromatic carbocycles. The van der Waals surface area contributed by atoms with Crippen molar-refractivity contribution in [3.8, 4) is 0 Å². The molecule has 59 valence electrons. The molecule has 0 N–H and O–H groups in total. The molecule has 11 heavy (non-hydrogen) atoms. The minimum absolute atomic E-state index is 1.16. The Hall–Kier alpha value is -0.0913. The molecule has 0 amide bonds. The third-order valence-electron chi connectivity index (χ3n) is 0.665. The van der Waals surface area contributed by atoms with Crippen molar-refractivity contribution in [3.63, 3.8) is 0 Å². The van der Waals surface area contributed by atoms with Crippen LogP contribution < -0.4 is 3.71 Å². The second-order valence-corrected chi connectivity index (χ2v) is 4.02. The molecule has 0 spiro atoms. The monoisotopic (exact) mass is 257 g/mol. The summed E-state index contributed by atoms with van der Waals surface area (Å²) < 4.78 is 1.16. The van der Waals surface area contributed by atoms with Gasteiger partial charge in [0, 0.05) is 0 Å². The van der Waals surface area contributed by atoms with Crippen molar-refractivity contribution in [2.24, 2.45) is 0 Å². The predicted octanol–water partition coefficient (Wildman–Crippen LogP) is 0.0532. The molecular formula is C8H13N2Sn. The van der Waals surface area contributed by atoms with Crippen LogP contribution >= 0.6 is 0 Å². The quantitative estimate of drug-likeness (QED) is 0.610. The van der Waals surface area contributed by atoms with Crippen molar-refractivity contribution in [1.29, 1.82) is 0 Å². The molecule has 0 aliphatic rings. The Morgan fingerprint density at radius 1 is 1.27 bits per heavy atom. The van der Waals surface area contributed by atoms with Gasteiger partial charge in [-0.05, 0) is 21.1 Å². The van der Waals surface area contributed by atoms with Crippen LogP contribution in [-0.4, -0.2) is 53.6 Å². The van der Waals surface area contributed by atoms with Crippen molar-refractivity contribution in [2.75, 3.05) is 21.1 Å². The van der Waals surface area contributed by atoms with Crippen LogP contribution in [0.1, 0.15) is 0 Å². The van der Waals surface area contributed by atoms with E-state index in [9.17, 15) is 0 Å². The van der Waals surface area contributed by atoms with Gasteiger partial charge in [-0.15, -0.1) is 0 Å². The van der Waals surface area contributed by atoms with Crippen LogP contribution in [0.4, 0.5) is 0 Å². The first kappa shape index (κ1) is 10.9. The number of hydrogen-bond acceptors (Lipinski definition) is 2. The summed E-state index contributed by atoms with van der Waals surface area (Å²) in [6.07, 6.45) is 1.81. The Kier molecular flexibility index (Phi) is 6.55. The van der Waals surface area contributed by atoms with Crippen molar-refractivity contribution in [3.05, 3.63) is 24.4 Å². The molecule has 0 fully saturated rings. The summed E-state index contributed by atoms with van der Waals surface area (Å²) in [6, 6.07) is 5.93. The number of nitrogens with zero attached hydrogens (tertiary/aromatic N) is 2. The van der Waals surface area contributed by atoms with E-state index in [1.54, 1.807) is 0 Å². The predicted molar refractivity (Wildman–Crippen MR) is 49.2 cm³/mol. The molecule has 1 heterocycles. The van der Waals surface area contributed by atoms with E-state index < -0.39 is 0 Å². The van der Waals surface area contributed by atoms with Crippen molar-refractivity contribution >= 4 is 26.2 Å². The zero-order chi connectivity index (χ0) is 8.69. The van der Waals surface area contributed by atoms with Crippen LogP contribution in [0.15, 0.2) is 24.4 Å². The number of pyridine rings is 1. The van der Waals surface area contributed by atoms with Crippen LogP contribution in [0.25, 0.3) is 0 Å². The van der Waals surface area contributed by atoms with Crippen molar-refractivity contribution in [1.82, 2.24) is 9.88 Å². The van der Waals surface area contributed by atoms with Gasteiger partial charge in [-0.2, -0.15) is 0 Å². The Bertz CT molecular complexity index is 172. The molecule has 3 radical (unpaired) electrons. The van der Waals surface area contributed by atoms with Gasteiger partial charge in [0.05, 0.1) is 0 Å². The summed E-state index contributed by atoms with van der Waals surface area (Å²) in [7, 11) is 6.00. The molecule has 2 nitrogen and oxygen atoms in total.